The van der Waals surface area contributed by atoms with Crippen LogP contribution in [0.2, 0.25) is 5.02 Å². The first-order valence-electron chi connectivity index (χ1n) is 10.1. The van der Waals surface area contributed by atoms with Gasteiger partial charge in [-0.05, 0) is 72.5 Å². The van der Waals surface area contributed by atoms with Crippen molar-refractivity contribution in [3.05, 3.63) is 88.9 Å². The van der Waals surface area contributed by atoms with Gasteiger partial charge in [-0.1, -0.05) is 43.6 Å². The molecule has 0 fully saturated rings. The Hall–Kier alpha value is -3.31. The number of carbonyl (C=O) groups is 2. The number of nitrogens with one attached hydrogen (secondary N) is 2. The van der Waals surface area contributed by atoms with Crippen LogP contribution in [-0.4, -0.2) is 18.4 Å². The molecule has 0 aliphatic carbocycles. The van der Waals surface area contributed by atoms with Gasteiger partial charge in [0.25, 0.3) is 11.8 Å². The van der Waals surface area contributed by atoms with Gasteiger partial charge >= 0.3 is 0 Å². The van der Waals surface area contributed by atoms with Crippen LogP contribution in [0.25, 0.3) is 0 Å². The molecule has 0 heterocycles. The van der Waals surface area contributed by atoms with Gasteiger partial charge in [-0.25, -0.2) is 0 Å². The average Bonchev–Trinajstić information content (AvgIpc) is 2.79. The first kappa shape index (κ1) is 22.4. The molecule has 0 bridgehead atoms. The number of hydrogen-bond acceptors (Lipinski definition) is 3. The topological polar surface area (TPSA) is 67.4 Å². The monoisotopic (exact) mass is 436 g/mol. The second-order valence-corrected chi connectivity index (χ2v) is 7.69. The molecule has 0 aliphatic heterocycles. The summed E-state index contributed by atoms with van der Waals surface area (Å²) in [6.07, 6.45) is 1.08. The number of hydrogen-bond donors (Lipinski definition) is 2. The van der Waals surface area contributed by atoms with Crippen LogP contribution in [0.1, 0.15) is 42.1 Å². The highest BCUT2D eigenvalue weighted by Crippen LogP contribution is 2.21. The van der Waals surface area contributed by atoms with Crippen molar-refractivity contribution in [3.8, 4) is 5.75 Å². The smallest absolute Gasteiger partial charge is 0.262 e. The number of rotatable bonds is 8. The molecule has 0 aliphatic rings. The van der Waals surface area contributed by atoms with Gasteiger partial charge in [0.2, 0.25) is 0 Å². The first-order chi connectivity index (χ1) is 14.9. The minimum Gasteiger partial charge on any atom is -0.484 e. The zero-order valence-electron chi connectivity index (χ0n) is 17.5. The Balaban J connectivity index is 1.49. The van der Waals surface area contributed by atoms with E-state index in [0.717, 1.165) is 6.42 Å². The van der Waals surface area contributed by atoms with E-state index in [2.05, 4.69) is 24.5 Å². The van der Waals surface area contributed by atoms with Gasteiger partial charge in [0.15, 0.2) is 6.61 Å². The van der Waals surface area contributed by atoms with Crippen molar-refractivity contribution in [2.24, 2.45) is 0 Å². The summed E-state index contributed by atoms with van der Waals surface area (Å²) in [5.41, 5.74) is 2.95. The third-order valence-electron chi connectivity index (χ3n) is 4.94. The lowest BCUT2D eigenvalue weighted by atomic mass is 9.99. The number of amides is 2. The second kappa shape index (κ2) is 10.6. The molecule has 2 amide bonds. The fourth-order valence-corrected chi connectivity index (χ4v) is 3.13. The van der Waals surface area contributed by atoms with Gasteiger partial charge in [-0.3, -0.25) is 9.59 Å². The number of halogens is 1. The van der Waals surface area contributed by atoms with E-state index in [9.17, 15) is 9.59 Å². The third-order valence-corrected chi connectivity index (χ3v) is 5.18. The Labute approximate surface area is 187 Å². The molecular weight excluding hydrogens is 412 g/mol. The van der Waals surface area contributed by atoms with Gasteiger partial charge in [-0.15, -0.1) is 0 Å². The summed E-state index contributed by atoms with van der Waals surface area (Å²) in [5.74, 6) is 0.630. The largest absolute Gasteiger partial charge is 0.484 e. The number of benzene rings is 3. The molecule has 160 valence electrons. The SMILES string of the molecule is CC[C@H](C)c1ccc(OCC(=O)Nc2ccc(NC(=O)c3cccc(Cl)c3)cc2)cc1. The number of carbonyl (C=O) groups excluding carboxylic acids is 2. The molecule has 3 rings (SSSR count). The second-order valence-electron chi connectivity index (χ2n) is 7.26. The molecule has 31 heavy (non-hydrogen) atoms. The van der Waals surface area contributed by atoms with Crippen molar-refractivity contribution in [3.63, 3.8) is 0 Å². The van der Waals surface area contributed by atoms with Crippen LogP contribution in [-0.2, 0) is 4.79 Å². The molecule has 0 spiro atoms. The van der Waals surface area contributed by atoms with Gasteiger partial charge in [0.1, 0.15) is 5.75 Å². The summed E-state index contributed by atoms with van der Waals surface area (Å²) in [5, 5.41) is 6.07. The van der Waals surface area contributed by atoms with E-state index >= 15 is 0 Å². The molecule has 0 radical (unpaired) electrons. The predicted molar refractivity (Wildman–Crippen MR) is 125 cm³/mol. The molecule has 6 heteroatoms. The molecule has 0 saturated carbocycles. The lowest BCUT2D eigenvalue weighted by Crippen LogP contribution is -2.20. The van der Waals surface area contributed by atoms with E-state index in [4.69, 9.17) is 16.3 Å². The molecule has 2 N–H and O–H groups in total. The molecule has 0 unspecified atom stereocenters. The Bertz CT molecular complexity index is 1030. The van der Waals surface area contributed by atoms with Crippen LogP contribution in [0.4, 0.5) is 11.4 Å². The molecule has 3 aromatic rings. The predicted octanol–water partition coefficient (Wildman–Crippen LogP) is 6.12. The maximum absolute atomic E-state index is 12.3. The molecule has 0 saturated heterocycles. The van der Waals surface area contributed by atoms with Crippen LogP contribution >= 0.6 is 11.6 Å². The Morgan fingerprint density at radius 1 is 0.935 bits per heavy atom. The zero-order chi connectivity index (χ0) is 22.2. The highest BCUT2D eigenvalue weighted by molar-refractivity contribution is 6.31. The highest BCUT2D eigenvalue weighted by atomic mass is 35.5. The van der Waals surface area contributed by atoms with Crippen LogP contribution in [0.15, 0.2) is 72.8 Å². The van der Waals surface area contributed by atoms with Crippen LogP contribution in [0, 0.1) is 0 Å². The lowest BCUT2D eigenvalue weighted by Gasteiger charge is -2.11. The Morgan fingerprint density at radius 3 is 2.19 bits per heavy atom. The minimum atomic E-state index is -0.262. The molecule has 0 aromatic heterocycles. The fourth-order valence-electron chi connectivity index (χ4n) is 2.94. The van der Waals surface area contributed by atoms with Crippen LogP contribution in [0.5, 0.6) is 5.75 Å². The van der Waals surface area contributed by atoms with Crippen molar-refractivity contribution >= 4 is 34.8 Å². The summed E-state index contributed by atoms with van der Waals surface area (Å²) in [6.45, 7) is 4.24. The summed E-state index contributed by atoms with van der Waals surface area (Å²) >= 11 is 5.92. The fraction of sp³-hybridized carbons (Fsp3) is 0.200. The average molecular weight is 437 g/mol. The molecular formula is C25H25ClN2O3. The van der Waals surface area contributed by atoms with Gasteiger partial charge in [0.05, 0.1) is 0 Å². The molecule has 1 atom stereocenters. The molecule has 5 nitrogen and oxygen atoms in total. The van der Waals surface area contributed by atoms with E-state index in [-0.39, 0.29) is 18.4 Å². The summed E-state index contributed by atoms with van der Waals surface area (Å²) < 4.78 is 5.56. The van der Waals surface area contributed by atoms with Gasteiger partial charge in [-0.2, -0.15) is 0 Å². The van der Waals surface area contributed by atoms with E-state index in [0.29, 0.717) is 33.6 Å². The normalized spacial score (nSPS) is 11.5. The summed E-state index contributed by atoms with van der Waals surface area (Å²) in [4.78, 5) is 24.4. The molecule has 3 aromatic carbocycles. The number of anilines is 2. The van der Waals surface area contributed by atoms with E-state index in [1.54, 1.807) is 48.5 Å². The van der Waals surface area contributed by atoms with Crippen molar-refractivity contribution in [2.75, 3.05) is 17.2 Å². The Morgan fingerprint density at radius 2 is 1.58 bits per heavy atom. The maximum Gasteiger partial charge on any atom is 0.262 e. The van der Waals surface area contributed by atoms with Crippen molar-refractivity contribution in [1.82, 2.24) is 0 Å². The third kappa shape index (κ3) is 6.59. The maximum atomic E-state index is 12.3. The minimum absolute atomic E-state index is 0.0874. The van der Waals surface area contributed by atoms with Gasteiger partial charge < -0.3 is 15.4 Å². The summed E-state index contributed by atoms with van der Waals surface area (Å²) in [6, 6.07) is 21.4. The van der Waals surface area contributed by atoms with Crippen LogP contribution < -0.4 is 15.4 Å². The summed E-state index contributed by atoms with van der Waals surface area (Å²) in [7, 11) is 0. The standard InChI is InChI=1S/C25H25ClN2O3/c1-3-17(2)18-7-13-23(14-8-18)31-16-24(29)27-21-9-11-22(12-10-21)28-25(30)19-5-4-6-20(26)15-19/h4-15,17H,3,16H2,1-2H3,(H,27,29)(H,28,30)/t17-/m0/s1. The quantitative estimate of drug-likeness (QED) is 0.446. The number of ether oxygens (including phenoxy) is 1. The van der Waals surface area contributed by atoms with Crippen LogP contribution in [0.3, 0.4) is 0 Å². The van der Waals surface area contributed by atoms with E-state index < -0.39 is 0 Å². The zero-order valence-corrected chi connectivity index (χ0v) is 18.3. The van der Waals surface area contributed by atoms with Crippen molar-refractivity contribution in [2.45, 2.75) is 26.2 Å². The van der Waals surface area contributed by atoms with E-state index in [1.165, 1.54) is 5.56 Å². The van der Waals surface area contributed by atoms with Gasteiger partial charge in [0, 0.05) is 22.0 Å². The lowest BCUT2D eigenvalue weighted by molar-refractivity contribution is -0.118. The van der Waals surface area contributed by atoms with Crippen molar-refractivity contribution in [1.29, 1.82) is 0 Å². The van der Waals surface area contributed by atoms with Crippen molar-refractivity contribution < 1.29 is 14.3 Å². The highest BCUT2D eigenvalue weighted by Gasteiger charge is 2.08. The first-order valence-corrected chi connectivity index (χ1v) is 10.5. The Kier molecular flexibility index (Phi) is 7.68. The van der Waals surface area contributed by atoms with E-state index in [1.807, 2.05) is 24.3 Å².